The van der Waals surface area contributed by atoms with Crippen molar-refractivity contribution in [3.63, 3.8) is 0 Å². The highest BCUT2D eigenvalue weighted by atomic mass is 28.5. The standard InChI is InChI=1S/C12H32N2O2Si3/c1-17(2,11-7-9-13)15-19(5,6)16-18(3,4)12-8-10-14-12/h12,14H,7-11,13H2,1-6H3. The van der Waals surface area contributed by atoms with Gasteiger partial charge in [0.2, 0.25) is 0 Å². The highest BCUT2D eigenvalue weighted by molar-refractivity contribution is 6.88. The van der Waals surface area contributed by atoms with Crippen molar-refractivity contribution in [1.82, 2.24) is 5.32 Å². The van der Waals surface area contributed by atoms with E-state index in [9.17, 15) is 0 Å². The molecule has 1 heterocycles. The maximum Gasteiger partial charge on any atom is 0.311 e. The molecule has 1 unspecified atom stereocenters. The molecule has 0 aromatic rings. The fourth-order valence-corrected chi connectivity index (χ4v) is 17.3. The maximum atomic E-state index is 6.54. The molecule has 0 aromatic heterocycles. The fraction of sp³-hybridized carbons (Fsp3) is 1.00. The Morgan fingerprint density at radius 3 is 2.11 bits per heavy atom. The van der Waals surface area contributed by atoms with Crippen molar-refractivity contribution in [1.29, 1.82) is 0 Å². The zero-order chi connectivity index (χ0) is 14.7. The molecule has 19 heavy (non-hydrogen) atoms. The monoisotopic (exact) mass is 320 g/mol. The molecule has 4 nitrogen and oxygen atoms in total. The first-order valence-corrected chi connectivity index (χ1v) is 16.3. The smallest absolute Gasteiger partial charge is 0.311 e. The molecule has 0 aliphatic carbocycles. The molecule has 0 aromatic carbocycles. The van der Waals surface area contributed by atoms with Gasteiger partial charge >= 0.3 is 8.56 Å². The van der Waals surface area contributed by atoms with E-state index in [1.165, 1.54) is 6.42 Å². The Balaban J connectivity index is 2.54. The zero-order valence-corrected chi connectivity index (χ0v) is 16.5. The molecule has 114 valence electrons. The minimum absolute atomic E-state index is 0.608. The third kappa shape index (κ3) is 5.78. The van der Waals surface area contributed by atoms with Crippen LogP contribution in [0.25, 0.3) is 0 Å². The summed E-state index contributed by atoms with van der Waals surface area (Å²) in [5.41, 5.74) is 6.22. The summed E-state index contributed by atoms with van der Waals surface area (Å²) in [7, 11) is -5.32. The lowest BCUT2D eigenvalue weighted by Gasteiger charge is -2.45. The predicted octanol–water partition coefficient (Wildman–Crippen LogP) is 2.38. The summed E-state index contributed by atoms with van der Waals surface area (Å²) in [6, 6.07) is 1.13. The summed E-state index contributed by atoms with van der Waals surface area (Å²) in [5.74, 6) is 0. The van der Waals surface area contributed by atoms with Crippen LogP contribution in [0.3, 0.4) is 0 Å². The van der Waals surface area contributed by atoms with E-state index in [0.29, 0.717) is 5.67 Å². The molecule has 1 atom stereocenters. The Hall–Kier alpha value is 0.491. The summed E-state index contributed by atoms with van der Waals surface area (Å²) < 4.78 is 13.0. The van der Waals surface area contributed by atoms with Gasteiger partial charge in [-0.1, -0.05) is 0 Å². The first-order valence-electron chi connectivity index (χ1n) is 7.42. The Kier molecular flexibility index (Phi) is 6.01. The van der Waals surface area contributed by atoms with E-state index >= 15 is 0 Å². The third-order valence-electron chi connectivity index (χ3n) is 3.68. The van der Waals surface area contributed by atoms with Crippen molar-refractivity contribution >= 4 is 25.2 Å². The normalized spacial score (nSPS) is 21.3. The summed E-state index contributed by atoms with van der Waals surface area (Å²) in [6.45, 7) is 15.5. The van der Waals surface area contributed by atoms with Gasteiger partial charge in [-0.25, -0.2) is 0 Å². The van der Waals surface area contributed by atoms with E-state index < -0.39 is 25.2 Å². The minimum Gasteiger partial charge on any atom is -0.437 e. The van der Waals surface area contributed by atoms with E-state index in [0.717, 1.165) is 25.6 Å². The van der Waals surface area contributed by atoms with Crippen LogP contribution in [0.1, 0.15) is 12.8 Å². The van der Waals surface area contributed by atoms with Crippen molar-refractivity contribution < 1.29 is 8.23 Å². The SMILES string of the molecule is C[Si](C)(CCCN)O[Si](C)(C)O[Si](C)(C)C1CCN1. The van der Waals surface area contributed by atoms with Gasteiger partial charge in [-0.2, -0.15) is 0 Å². The first-order chi connectivity index (χ1) is 8.58. The first kappa shape index (κ1) is 17.5. The molecule has 1 aliphatic heterocycles. The van der Waals surface area contributed by atoms with Gasteiger partial charge in [0.1, 0.15) is 0 Å². The van der Waals surface area contributed by atoms with Gasteiger partial charge in [-0.05, 0) is 71.3 Å². The van der Waals surface area contributed by atoms with Crippen LogP contribution in [0.2, 0.25) is 45.3 Å². The number of hydrogen-bond acceptors (Lipinski definition) is 4. The van der Waals surface area contributed by atoms with Gasteiger partial charge in [0.15, 0.2) is 16.6 Å². The van der Waals surface area contributed by atoms with Crippen molar-refractivity contribution in [2.24, 2.45) is 5.73 Å². The van der Waals surface area contributed by atoms with Crippen molar-refractivity contribution in [2.75, 3.05) is 13.1 Å². The predicted molar refractivity (Wildman–Crippen MR) is 89.5 cm³/mol. The molecule has 1 rings (SSSR count). The summed E-state index contributed by atoms with van der Waals surface area (Å²) in [6.07, 6.45) is 2.33. The third-order valence-corrected chi connectivity index (χ3v) is 15.7. The summed E-state index contributed by atoms with van der Waals surface area (Å²) in [4.78, 5) is 0. The molecule has 0 bridgehead atoms. The molecule has 3 N–H and O–H groups in total. The van der Waals surface area contributed by atoms with Gasteiger partial charge in [0.05, 0.1) is 0 Å². The van der Waals surface area contributed by atoms with Crippen LogP contribution in [0.4, 0.5) is 0 Å². The second-order valence-corrected chi connectivity index (χ2v) is 19.5. The molecular formula is C12H32N2O2Si3. The van der Waals surface area contributed by atoms with Crippen LogP contribution >= 0.6 is 0 Å². The van der Waals surface area contributed by atoms with Crippen LogP contribution in [0, 0.1) is 0 Å². The van der Waals surface area contributed by atoms with Crippen molar-refractivity contribution in [3.8, 4) is 0 Å². The van der Waals surface area contributed by atoms with Gasteiger partial charge in [0.25, 0.3) is 0 Å². The van der Waals surface area contributed by atoms with E-state index in [-0.39, 0.29) is 0 Å². The molecular weight excluding hydrogens is 288 g/mol. The molecule has 0 saturated carbocycles. The zero-order valence-electron chi connectivity index (χ0n) is 13.5. The Morgan fingerprint density at radius 2 is 1.68 bits per heavy atom. The number of rotatable bonds is 8. The second kappa shape index (κ2) is 6.50. The molecule has 1 saturated heterocycles. The highest BCUT2D eigenvalue weighted by Crippen LogP contribution is 2.27. The fourth-order valence-electron chi connectivity index (χ4n) is 2.85. The second-order valence-electron chi connectivity index (χ2n) is 7.15. The van der Waals surface area contributed by atoms with Crippen LogP contribution in [0.15, 0.2) is 0 Å². The van der Waals surface area contributed by atoms with Crippen LogP contribution < -0.4 is 11.1 Å². The van der Waals surface area contributed by atoms with Gasteiger partial charge in [-0.3, -0.25) is 0 Å². The summed E-state index contributed by atoms with van der Waals surface area (Å²) >= 11 is 0. The highest BCUT2D eigenvalue weighted by Gasteiger charge is 2.44. The average Bonchev–Trinajstić information content (AvgIpc) is 2.06. The Labute approximate surface area is 122 Å². The topological polar surface area (TPSA) is 56.5 Å². The van der Waals surface area contributed by atoms with Crippen molar-refractivity contribution in [2.45, 2.75) is 63.8 Å². The molecule has 7 heteroatoms. The van der Waals surface area contributed by atoms with E-state index in [1.807, 2.05) is 0 Å². The van der Waals surface area contributed by atoms with Gasteiger partial charge in [0, 0.05) is 5.67 Å². The number of hydrogen-bond donors (Lipinski definition) is 2. The summed E-state index contributed by atoms with van der Waals surface area (Å²) in [5, 5.41) is 3.50. The van der Waals surface area contributed by atoms with E-state index in [1.54, 1.807) is 0 Å². The van der Waals surface area contributed by atoms with Crippen LogP contribution in [-0.4, -0.2) is 44.0 Å². The van der Waals surface area contributed by atoms with E-state index in [4.69, 9.17) is 14.0 Å². The Bertz CT molecular complexity index is 295. The molecule has 1 aliphatic rings. The molecule has 0 amide bonds. The Morgan fingerprint density at radius 1 is 1.11 bits per heavy atom. The van der Waals surface area contributed by atoms with Gasteiger partial charge < -0.3 is 19.3 Å². The molecule has 0 spiro atoms. The number of nitrogens with two attached hydrogens (primary N) is 1. The average molecular weight is 321 g/mol. The maximum absolute atomic E-state index is 6.54. The van der Waals surface area contributed by atoms with Gasteiger partial charge in [-0.15, -0.1) is 0 Å². The lowest BCUT2D eigenvalue weighted by atomic mass is 10.3. The van der Waals surface area contributed by atoms with Crippen LogP contribution in [-0.2, 0) is 8.23 Å². The molecule has 0 radical (unpaired) electrons. The van der Waals surface area contributed by atoms with Crippen molar-refractivity contribution in [3.05, 3.63) is 0 Å². The number of nitrogens with one attached hydrogen (secondary N) is 1. The largest absolute Gasteiger partial charge is 0.437 e. The van der Waals surface area contributed by atoms with E-state index in [2.05, 4.69) is 44.6 Å². The molecule has 1 fully saturated rings. The minimum atomic E-state index is -2.03. The lowest BCUT2D eigenvalue weighted by Crippen LogP contribution is -2.65. The van der Waals surface area contributed by atoms with Crippen LogP contribution in [0.5, 0.6) is 0 Å². The quantitative estimate of drug-likeness (QED) is 0.674. The lowest BCUT2D eigenvalue weighted by molar-refractivity contribution is 0.350.